The molecule has 0 aliphatic heterocycles. The Hall–Kier alpha value is -1.49. The number of hydrogen-bond donors (Lipinski definition) is 0. The number of hydrogen-bond acceptors (Lipinski definition) is 2. The molecule has 2 nitrogen and oxygen atoms in total. The molecule has 0 atom stereocenters. The van der Waals surface area contributed by atoms with E-state index in [0.717, 1.165) is 12.1 Å². The number of ether oxygens (including phenoxy) is 1. The molecule has 2 rings (SSSR count). The molecule has 90 valence electrons. The summed E-state index contributed by atoms with van der Waals surface area (Å²) in [4.78, 5) is 3.86. The Kier molecular flexibility index (Phi) is 2.87. The minimum atomic E-state index is -4.39. The van der Waals surface area contributed by atoms with Crippen molar-refractivity contribution in [3.05, 3.63) is 35.0 Å². The number of aromatic nitrogens is 1. The predicted molar refractivity (Wildman–Crippen MR) is 58.3 cm³/mol. The van der Waals surface area contributed by atoms with Gasteiger partial charge in [-0.05, 0) is 18.2 Å². The maximum atomic E-state index is 12.5. The SMILES string of the molecule is COc1cc2ccc(C(F)(F)F)cc2nc1Cl. The fraction of sp³-hybridized carbons (Fsp3) is 0.182. The fourth-order valence-corrected chi connectivity index (χ4v) is 1.67. The van der Waals surface area contributed by atoms with Crippen LogP contribution in [0, 0.1) is 0 Å². The van der Waals surface area contributed by atoms with Crippen LogP contribution in [-0.4, -0.2) is 12.1 Å². The Morgan fingerprint density at radius 3 is 2.53 bits per heavy atom. The fourth-order valence-electron chi connectivity index (χ4n) is 1.44. The smallest absolute Gasteiger partial charge is 0.416 e. The molecule has 0 aliphatic carbocycles. The zero-order chi connectivity index (χ0) is 12.6. The van der Waals surface area contributed by atoms with E-state index < -0.39 is 11.7 Å². The summed E-state index contributed by atoms with van der Waals surface area (Å²) in [6, 6.07) is 4.84. The van der Waals surface area contributed by atoms with Crippen molar-refractivity contribution in [3.8, 4) is 5.75 Å². The molecule has 0 saturated carbocycles. The summed E-state index contributed by atoms with van der Waals surface area (Å²) in [5, 5.41) is 0.582. The molecule has 0 radical (unpaired) electrons. The lowest BCUT2D eigenvalue weighted by molar-refractivity contribution is -0.137. The van der Waals surface area contributed by atoms with Crippen LogP contribution in [0.3, 0.4) is 0 Å². The van der Waals surface area contributed by atoms with Crippen molar-refractivity contribution < 1.29 is 17.9 Å². The Morgan fingerprint density at radius 1 is 1.24 bits per heavy atom. The number of rotatable bonds is 1. The van der Waals surface area contributed by atoms with Crippen molar-refractivity contribution in [2.45, 2.75) is 6.18 Å². The predicted octanol–water partition coefficient (Wildman–Crippen LogP) is 3.92. The number of benzene rings is 1. The van der Waals surface area contributed by atoms with Crippen LogP contribution in [0.1, 0.15) is 5.56 Å². The topological polar surface area (TPSA) is 22.1 Å². The van der Waals surface area contributed by atoms with E-state index in [0.29, 0.717) is 11.1 Å². The summed E-state index contributed by atoms with van der Waals surface area (Å²) in [6.07, 6.45) is -4.39. The van der Waals surface area contributed by atoms with Crippen molar-refractivity contribution in [2.24, 2.45) is 0 Å². The molecule has 0 amide bonds. The molecular formula is C11H7ClF3NO. The molecular weight excluding hydrogens is 255 g/mol. The van der Waals surface area contributed by atoms with Gasteiger partial charge < -0.3 is 4.74 Å². The molecule has 6 heteroatoms. The summed E-state index contributed by atoms with van der Waals surface area (Å²) in [7, 11) is 1.42. The molecule has 1 aromatic heterocycles. The van der Waals surface area contributed by atoms with Crippen molar-refractivity contribution in [1.29, 1.82) is 0 Å². The second kappa shape index (κ2) is 4.07. The van der Waals surface area contributed by atoms with Gasteiger partial charge in [-0.3, -0.25) is 0 Å². The maximum Gasteiger partial charge on any atom is 0.416 e. The van der Waals surface area contributed by atoms with E-state index in [1.165, 1.54) is 13.2 Å². The van der Waals surface area contributed by atoms with E-state index in [9.17, 15) is 13.2 Å². The van der Waals surface area contributed by atoms with Gasteiger partial charge >= 0.3 is 6.18 Å². The second-order valence-electron chi connectivity index (χ2n) is 3.39. The third-order valence-electron chi connectivity index (χ3n) is 2.29. The molecule has 0 aliphatic rings. The Morgan fingerprint density at radius 2 is 1.94 bits per heavy atom. The minimum absolute atomic E-state index is 0.0410. The van der Waals surface area contributed by atoms with E-state index in [4.69, 9.17) is 16.3 Å². The van der Waals surface area contributed by atoms with Crippen molar-refractivity contribution in [2.75, 3.05) is 7.11 Å². The number of halogens is 4. The number of nitrogens with zero attached hydrogens (tertiary/aromatic N) is 1. The van der Waals surface area contributed by atoms with Gasteiger partial charge in [0.2, 0.25) is 0 Å². The van der Waals surface area contributed by atoms with Crippen LogP contribution >= 0.6 is 11.6 Å². The highest BCUT2D eigenvalue weighted by atomic mass is 35.5. The zero-order valence-corrected chi connectivity index (χ0v) is 9.43. The second-order valence-corrected chi connectivity index (χ2v) is 3.74. The largest absolute Gasteiger partial charge is 0.494 e. The number of pyridine rings is 1. The highest BCUT2D eigenvalue weighted by Gasteiger charge is 2.30. The Bertz CT molecular complexity index is 568. The van der Waals surface area contributed by atoms with E-state index in [1.807, 2.05) is 0 Å². The minimum Gasteiger partial charge on any atom is -0.494 e. The monoisotopic (exact) mass is 261 g/mol. The lowest BCUT2D eigenvalue weighted by Gasteiger charge is -2.08. The van der Waals surface area contributed by atoms with Gasteiger partial charge in [0.05, 0.1) is 18.2 Å². The van der Waals surface area contributed by atoms with E-state index in [2.05, 4.69) is 4.98 Å². The van der Waals surface area contributed by atoms with Crippen LogP contribution in [0.5, 0.6) is 5.75 Å². The van der Waals surface area contributed by atoms with Crippen LogP contribution in [0.15, 0.2) is 24.3 Å². The van der Waals surface area contributed by atoms with Gasteiger partial charge in [0.25, 0.3) is 0 Å². The van der Waals surface area contributed by atoms with Crippen LogP contribution < -0.4 is 4.74 Å². The first-order valence-electron chi connectivity index (χ1n) is 4.63. The highest BCUT2D eigenvalue weighted by Crippen LogP contribution is 2.33. The van der Waals surface area contributed by atoms with Gasteiger partial charge in [-0.2, -0.15) is 13.2 Å². The number of alkyl halides is 3. The van der Waals surface area contributed by atoms with Crippen molar-refractivity contribution in [1.82, 2.24) is 4.98 Å². The van der Waals surface area contributed by atoms with Crippen LogP contribution in [0.2, 0.25) is 5.15 Å². The van der Waals surface area contributed by atoms with Crippen molar-refractivity contribution in [3.63, 3.8) is 0 Å². The zero-order valence-electron chi connectivity index (χ0n) is 8.68. The first kappa shape index (κ1) is 12.0. The lowest BCUT2D eigenvalue weighted by atomic mass is 10.1. The lowest BCUT2D eigenvalue weighted by Crippen LogP contribution is -2.04. The average Bonchev–Trinajstić information content (AvgIpc) is 2.26. The van der Waals surface area contributed by atoms with Crippen LogP contribution in [-0.2, 0) is 6.18 Å². The van der Waals surface area contributed by atoms with Gasteiger partial charge in [-0.15, -0.1) is 0 Å². The standard InChI is InChI=1S/C11H7ClF3NO/c1-17-9-4-6-2-3-7(11(13,14)15)5-8(6)16-10(9)12/h2-5H,1H3. The van der Waals surface area contributed by atoms with Gasteiger partial charge in [0, 0.05) is 5.39 Å². The average molecular weight is 262 g/mol. The normalized spacial score (nSPS) is 11.8. The molecule has 0 bridgehead atoms. The quantitative estimate of drug-likeness (QED) is 0.726. The first-order valence-corrected chi connectivity index (χ1v) is 5.01. The molecule has 0 N–H and O–H groups in total. The third kappa shape index (κ3) is 2.29. The van der Waals surface area contributed by atoms with E-state index >= 15 is 0 Å². The number of fused-ring (bicyclic) bond motifs is 1. The molecule has 0 unspecified atom stereocenters. The summed E-state index contributed by atoms with van der Waals surface area (Å²) >= 11 is 5.75. The van der Waals surface area contributed by atoms with E-state index in [1.54, 1.807) is 6.07 Å². The van der Waals surface area contributed by atoms with Gasteiger partial charge in [0.15, 0.2) is 10.9 Å². The molecule has 0 spiro atoms. The molecule has 1 aromatic carbocycles. The molecule has 17 heavy (non-hydrogen) atoms. The van der Waals surface area contributed by atoms with Crippen LogP contribution in [0.25, 0.3) is 10.9 Å². The highest BCUT2D eigenvalue weighted by molar-refractivity contribution is 6.31. The Balaban J connectivity index is 2.63. The first-order chi connectivity index (χ1) is 7.91. The third-order valence-corrected chi connectivity index (χ3v) is 2.56. The molecule has 2 aromatic rings. The van der Waals surface area contributed by atoms with E-state index in [-0.39, 0.29) is 10.7 Å². The Labute approximate surface area is 100.0 Å². The van der Waals surface area contributed by atoms with Crippen LogP contribution in [0.4, 0.5) is 13.2 Å². The summed E-state index contributed by atoms with van der Waals surface area (Å²) in [6.45, 7) is 0. The summed E-state index contributed by atoms with van der Waals surface area (Å²) in [5.74, 6) is 0.332. The molecule has 0 saturated heterocycles. The summed E-state index contributed by atoms with van der Waals surface area (Å²) < 4.78 is 42.4. The van der Waals surface area contributed by atoms with Gasteiger partial charge in [-0.25, -0.2) is 4.98 Å². The number of methoxy groups -OCH3 is 1. The molecule has 0 fully saturated rings. The van der Waals surface area contributed by atoms with Crippen molar-refractivity contribution >= 4 is 22.5 Å². The summed E-state index contributed by atoms with van der Waals surface area (Å²) in [5.41, 5.74) is -0.565. The maximum absolute atomic E-state index is 12.5. The molecule has 1 heterocycles. The van der Waals surface area contributed by atoms with Gasteiger partial charge in [-0.1, -0.05) is 17.7 Å². The van der Waals surface area contributed by atoms with Gasteiger partial charge in [0.1, 0.15) is 0 Å².